The van der Waals surface area contributed by atoms with E-state index in [0.717, 1.165) is 16.3 Å². The molecule has 32 heavy (non-hydrogen) atoms. The average molecular weight is 440 g/mol. The molecule has 3 atom stereocenters. The van der Waals surface area contributed by atoms with Gasteiger partial charge in [-0.25, -0.2) is 4.79 Å². The summed E-state index contributed by atoms with van der Waals surface area (Å²) in [6, 6.07) is 12.7. The van der Waals surface area contributed by atoms with Crippen molar-refractivity contribution in [2.75, 3.05) is 26.3 Å². The highest BCUT2D eigenvalue weighted by atomic mass is 16.5. The van der Waals surface area contributed by atoms with Gasteiger partial charge in [-0.05, 0) is 28.7 Å². The Morgan fingerprint density at radius 1 is 1.03 bits per heavy atom. The first-order valence-corrected chi connectivity index (χ1v) is 11.2. The Morgan fingerprint density at radius 2 is 1.69 bits per heavy atom. The normalized spacial score (nSPS) is 17.1. The zero-order valence-corrected chi connectivity index (χ0v) is 19.0. The number of ether oxygens (including phenoxy) is 1. The number of fused-ring (bicyclic) bond motifs is 1. The average Bonchev–Trinajstić information content (AvgIpc) is 2.78. The summed E-state index contributed by atoms with van der Waals surface area (Å²) in [7, 11) is 0. The summed E-state index contributed by atoms with van der Waals surface area (Å²) in [4.78, 5) is 40.2. The maximum Gasteiger partial charge on any atom is 0.318 e. The van der Waals surface area contributed by atoms with Crippen molar-refractivity contribution < 1.29 is 19.1 Å². The fourth-order valence-corrected chi connectivity index (χ4v) is 4.44. The first-order chi connectivity index (χ1) is 15.3. The van der Waals surface area contributed by atoms with E-state index in [0.29, 0.717) is 32.7 Å². The molecule has 3 amide bonds. The SMILES string of the molecule is CC(Cc1cccc2ccccc12)C(=O)[C@@H](C(C)C)[C@@H](NC(=O)N1CCOCC1)C(N)=O. The summed E-state index contributed by atoms with van der Waals surface area (Å²) in [6.07, 6.45) is 0.548. The second-order valence-electron chi connectivity index (χ2n) is 8.84. The molecule has 7 heteroatoms. The van der Waals surface area contributed by atoms with Gasteiger partial charge in [-0.15, -0.1) is 0 Å². The minimum atomic E-state index is -1.06. The summed E-state index contributed by atoms with van der Waals surface area (Å²) < 4.78 is 5.28. The number of nitrogens with zero attached hydrogens (tertiary/aromatic N) is 1. The molecule has 0 bridgehead atoms. The molecule has 0 spiro atoms. The third-order valence-electron chi connectivity index (χ3n) is 6.18. The summed E-state index contributed by atoms with van der Waals surface area (Å²) in [5.74, 6) is -1.98. The number of morpholine rings is 1. The van der Waals surface area contributed by atoms with Gasteiger partial charge >= 0.3 is 6.03 Å². The van der Waals surface area contributed by atoms with E-state index in [1.807, 2.05) is 57.2 Å². The standard InChI is InChI=1S/C25H33N3O4/c1-16(2)21(22(24(26)30)27-25(31)28-11-13-32-14-12-28)23(29)17(3)15-19-9-6-8-18-7-4-5-10-20(18)19/h4-10,16-17,21-22H,11-15H2,1-3H3,(H2,26,30)(H,27,31)/t17?,21-,22+/m0/s1. The lowest BCUT2D eigenvalue weighted by atomic mass is 9.78. The van der Waals surface area contributed by atoms with Crippen LogP contribution in [0.5, 0.6) is 0 Å². The van der Waals surface area contributed by atoms with Crippen LogP contribution in [0.25, 0.3) is 10.8 Å². The highest BCUT2D eigenvalue weighted by Crippen LogP contribution is 2.26. The van der Waals surface area contributed by atoms with Crippen molar-refractivity contribution >= 4 is 28.5 Å². The predicted octanol–water partition coefficient (Wildman–Crippen LogP) is 2.76. The largest absolute Gasteiger partial charge is 0.378 e. The van der Waals surface area contributed by atoms with Gasteiger partial charge in [-0.1, -0.05) is 63.2 Å². The number of carbonyl (C=O) groups excluding carboxylic acids is 3. The molecule has 0 aliphatic carbocycles. The number of urea groups is 1. The maximum absolute atomic E-state index is 13.5. The van der Waals surface area contributed by atoms with Crippen molar-refractivity contribution in [3.63, 3.8) is 0 Å². The smallest absolute Gasteiger partial charge is 0.318 e. The van der Waals surface area contributed by atoms with E-state index in [2.05, 4.69) is 11.4 Å². The third kappa shape index (κ3) is 5.46. The number of amides is 3. The van der Waals surface area contributed by atoms with Crippen molar-refractivity contribution in [1.82, 2.24) is 10.2 Å². The van der Waals surface area contributed by atoms with Crippen molar-refractivity contribution in [2.45, 2.75) is 33.2 Å². The monoisotopic (exact) mass is 439 g/mol. The lowest BCUT2D eigenvalue weighted by Crippen LogP contribution is -2.57. The van der Waals surface area contributed by atoms with Gasteiger partial charge in [0, 0.05) is 24.9 Å². The van der Waals surface area contributed by atoms with E-state index >= 15 is 0 Å². The summed E-state index contributed by atoms with van der Waals surface area (Å²) in [6.45, 7) is 7.41. The van der Waals surface area contributed by atoms with E-state index in [-0.39, 0.29) is 17.6 Å². The molecule has 1 aliphatic rings. The van der Waals surface area contributed by atoms with Crippen LogP contribution in [-0.2, 0) is 20.7 Å². The minimum Gasteiger partial charge on any atom is -0.378 e. The van der Waals surface area contributed by atoms with Crippen LogP contribution in [0.2, 0.25) is 0 Å². The Kier molecular flexibility index (Phi) is 7.85. The molecule has 3 rings (SSSR count). The number of benzene rings is 2. The number of primary amides is 1. The highest BCUT2D eigenvalue weighted by Gasteiger charge is 2.38. The van der Waals surface area contributed by atoms with Crippen LogP contribution in [-0.4, -0.2) is 55.0 Å². The Labute approximate surface area is 189 Å². The number of nitrogens with one attached hydrogen (secondary N) is 1. The number of carbonyl (C=O) groups is 3. The molecule has 1 heterocycles. The van der Waals surface area contributed by atoms with Crippen molar-refractivity contribution in [1.29, 1.82) is 0 Å². The molecule has 2 aromatic rings. The molecule has 1 fully saturated rings. The van der Waals surface area contributed by atoms with E-state index in [1.165, 1.54) is 0 Å². The van der Waals surface area contributed by atoms with Crippen LogP contribution >= 0.6 is 0 Å². The fraction of sp³-hybridized carbons (Fsp3) is 0.480. The lowest BCUT2D eigenvalue weighted by molar-refractivity contribution is -0.133. The molecule has 2 aromatic carbocycles. The summed E-state index contributed by atoms with van der Waals surface area (Å²) in [5, 5.41) is 4.97. The van der Waals surface area contributed by atoms with Crippen LogP contribution in [0.4, 0.5) is 4.79 Å². The zero-order valence-electron chi connectivity index (χ0n) is 19.0. The van der Waals surface area contributed by atoms with Gasteiger partial charge in [-0.2, -0.15) is 0 Å². The second-order valence-corrected chi connectivity index (χ2v) is 8.84. The Morgan fingerprint density at radius 3 is 2.34 bits per heavy atom. The Balaban J connectivity index is 1.79. The van der Waals surface area contributed by atoms with E-state index < -0.39 is 23.9 Å². The van der Waals surface area contributed by atoms with Gasteiger partial charge in [-0.3, -0.25) is 9.59 Å². The third-order valence-corrected chi connectivity index (χ3v) is 6.18. The van der Waals surface area contributed by atoms with E-state index in [9.17, 15) is 14.4 Å². The number of hydrogen-bond acceptors (Lipinski definition) is 4. The molecule has 172 valence electrons. The molecule has 1 unspecified atom stereocenters. The van der Waals surface area contributed by atoms with Crippen LogP contribution in [0.3, 0.4) is 0 Å². The van der Waals surface area contributed by atoms with Crippen LogP contribution in [0.1, 0.15) is 26.3 Å². The van der Waals surface area contributed by atoms with Gasteiger partial charge in [0.2, 0.25) is 5.91 Å². The Hall–Kier alpha value is -2.93. The quantitative estimate of drug-likeness (QED) is 0.660. The number of nitrogens with two attached hydrogens (primary N) is 1. The van der Waals surface area contributed by atoms with E-state index in [4.69, 9.17) is 10.5 Å². The van der Waals surface area contributed by atoms with Crippen LogP contribution in [0.15, 0.2) is 42.5 Å². The fourth-order valence-electron chi connectivity index (χ4n) is 4.44. The molecular weight excluding hydrogens is 406 g/mol. The lowest BCUT2D eigenvalue weighted by Gasteiger charge is -2.33. The molecule has 1 saturated heterocycles. The summed E-state index contributed by atoms with van der Waals surface area (Å²) in [5.41, 5.74) is 6.75. The number of rotatable bonds is 8. The van der Waals surface area contributed by atoms with Gasteiger partial charge in [0.05, 0.1) is 13.2 Å². The molecule has 7 nitrogen and oxygen atoms in total. The Bertz CT molecular complexity index is 963. The zero-order chi connectivity index (χ0) is 23.3. The van der Waals surface area contributed by atoms with Gasteiger partial charge < -0.3 is 20.7 Å². The molecular formula is C25H33N3O4. The molecule has 0 aromatic heterocycles. The van der Waals surface area contributed by atoms with Gasteiger partial charge in [0.15, 0.2) is 0 Å². The molecule has 1 aliphatic heterocycles. The molecule has 3 N–H and O–H groups in total. The topological polar surface area (TPSA) is 102 Å². The van der Waals surface area contributed by atoms with Crippen molar-refractivity contribution in [2.24, 2.45) is 23.5 Å². The minimum absolute atomic E-state index is 0.0704. The van der Waals surface area contributed by atoms with Crippen LogP contribution in [0, 0.1) is 17.8 Å². The number of hydrogen-bond donors (Lipinski definition) is 2. The van der Waals surface area contributed by atoms with Gasteiger partial charge in [0.1, 0.15) is 11.8 Å². The van der Waals surface area contributed by atoms with Crippen molar-refractivity contribution in [3.8, 4) is 0 Å². The van der Waals surface area contributed by atoms with Crippen LogP contribution < -0.4 is 11.1 Å². The highest BCUT2D eigenvalue weighted by molar-refractivity contribution is 5.94. The predicted molar refractivity (Wildman–Crippen MR) is 124 cm³/mol. The maximum atomic E-state index is 13.5. The molecule has 0 saturated carbocycles. The van der Waals surface area contributed by atoms with Gasteiger partial charge in [0.25, 0.3) is 0 Å². The number of ketones is 1. The van der Waals surface area contributed by atoms with Crippen molar-refractivity contribution in [3.05, 3.63) is 48.0 Å². The molecule has 0 radical (unpaired) electrons. The second kappa shape index (κ2) is 10.6. The van der Waals surface area contributed by atoms with E-state index in [1.54, 1.807) is 4.90 Å². The first-order valence-electron chi connectivity index (χ1n) is 11.2. The first kappa shape index (κ1) is 23.7. The summed E-state index contributed by atoms with van der Waals surface area (Å²) >= 11 is 0. The number of Topliss-reactive ketones (excluding diaryl/α,β-unsaturated/α-hetero) is 1.